The topological polar surface area (TPSA) is 20.2 Å². The van der Waals surface area contributed by atoms with Gasteiger partial charge in [0.05, 0.1) is 6.61 Å². The Labute approximate surface area is 62.8 Å². The van der Waals surface area contributed by atoms with E-state index in [1.165, 1.54) is 12.2 Å². The molecule has 0 bridgehead atoms. The first kappa shape index (κ1) is 8.57. The van der Waals surface area contributed by atoms with Crippen LogP contribution in [0.2, 0.25) is 0 Å². The number of alkyl halides is 3. The van der Waals surface area contributed by atoms with Gasteiger partial charge in [-0.05, 0) is 6.08 Å². The van der Waals surface area contributed by atoms with Gasteiger partial charge >= 0.3 is 0 Å². The van der Waals surface area contributed by atoms with E-state index in [1.807, 2.05) is 0 Å². The third-order valence-corrected chi connectivity index (χ3v) is 0.790. The monoisotopic (exact) mass is 174 g/mol. The molecule has 1 N–H and O–H groups in total. The molecule has 0 radical (unpaired) electrons. The van der Waals surface area contributed by atoms with Crippen LogP contribution < -0.4 is 0 Å². The van der Waals surface area contributed by atoms with Crippen molar-refractivity contribution in [3.63, 3.8) is 0 Å². The second kappa shape index (κ2) is 3.57. The molecule has 0 saturated carbocycles. The summed E-state index contributed by atoms with van der Waals surface area (Å²) >= 11 is 15.7. The molecule has 0 fully saturated rings. The highest BCUT2D eigenvalue weighted by molar-refractivity contribution is 6.68. The van der Waals surface area contributed by atoms with Crippen molar-refractivity contribution in [3.05, 3.63) is 12.2 Å². The summed E-state index contributed by atoms with van der Waals surface area (Å²) in [5, 5.41) is 8.17. The van der Waals surface area contributed by atoms with E-state index in [0.29, 0.717) is 0 Å². The van der Waals surface area contributed by atoms with Crippen molar-refractivity contribution in [3.8, 4) is 0 Å². The minimum Gasteiger partial charge on any atom is -0.392 e. The van der Waals surface area contributed by atoms with Gasteiger partial charge in [-0.3, -0.25) is 0 Å². The van der Waals surface area contributed by atoms with Crippen LogP contribution in [0.5, 0.6) is 0 Å². The first-order chi connectivity index (χ1) is 3.56. The molecule has 0 amide bonds. The van der Waals surface area contributed by atoms with Crippen molar-refractivity contribution in [2.75, 3.05) is 6.61 Å². The normalized spacial score (nSPS) is 13.0. The highest BCUT2D eigenvalue weighted by Crippen LogP contribution is 2.26. The molecule has 0 saturated heterocycles. The summed E-state index contributed by atoms with van der Waals surface area (Å²) in [4.78, 5) is 0. The van der Waals surface area contributed by atoms with Crippen LogP contribution in [0.1, 0.15) is 0 Å². The van der Waals surface area contributed by atoms with Gasteiger partial charge in [0.1, 0.15) is 0 Å². The summed E-state index contributed by atoms with van der Waals surface area (Å²) in [5.41, 5.74) is 0. The zero-order valence-electron chi connectivity index (χ0n) is 3.94. The van der Waals surface area contributed by atoms with Gasteiger partial charge in [-0.15, -0.1) is 0 Å². The maximum atomic E-state index is 8.17. The van der Waals surface area contributed by atoms with E-state index in [9.17, 15) is 0 Å². The van der Waals surface area contributed by atoms with E-state index >= 15 is 0 Å². The predicted octanol–water partition coefficient (Wildman–Crippen LogP) is 1.91. The summed E-state index contributed by atoms with van der Waals surface area (Å²) in [6.07, 6.45) is 2.66. The Morgan fingerprint density at radius 2 is 1.88 bits per heavy atom. The second-order valence-electron chi connectivity index (χ2n) is 1.13. The van der Waals surface area contributed by atoms with Gasteiger partial charge in [-0.1, -0.05) is 40.9 Å². The molecule has 48 valence electrons. The standard InChI is InChI=1S/C4H5Cl3O/c5-4(6,7)2-1-3-8/h1-2,8H,3H2/b2-1+. The van der Waals surface area contributed by atoms with Gasteiger partial charge in [-0.25, -0.2) is 0 Å². The fraction of sp³-hybridized carbons (Fsp3) is 0.500. The Kier molecular flexibility index (Phi) is 3.82. The van der Waals surface area contributed by atoms with Crippen LogP contribution in [-0.2, 0) is 0 Å². The van der Waals surface area contributed by atoms with E-state index in [0.717, 1.165) is 0 Å². The Bertz CT molecular complexity index is 83.8. The lowest BCUT2D eigenvalue weighted by molar-refractivity contribution is 0.342. The number of hydrogen-bond donors (Lipinski definition) is 1. The fourth-order valence-electron chi connectivity index (χ4n) is 0.186. The first-order valence-electron chi connectivity index (χ1n) is 1.91. The predicted molar refractivity (Wildman–Crippen MR) is 36.5 cm³/mol. The van der Waals surface area contributed by atoms with E-state index in [-0.39, 0.29) is 6.61 Å². The zero-order valence-corrected chi connectivity index (χ0v) is 6.21. The van der Waals surface area contributed by atoms with Crippen LogP contribution in [0.25, 0.3) is 0 Å². The van der Waals surface area contributed by atoms with Crippen LogP contribution in [0.15, 0.2) is 12.2 Å². The average Bonchev–Trinajstić information content (AvgIpc) is 1.59. The highest BCUT2D eigenvalue weighted by atomic mass is 35.6. The second-order valence-corrected chi connectivity index (χ2v) is 3.50. The lowest BCUT2D eigenvalue weighted by Gasteiger charge is -2.00. The van der Waals surface area contributed by atoms with Crippen LogP contribution >= 0.6 is 34.8 Å². The molecule has 0 heterocycles. The summed E-state index contributed by atoms with van der Waals surface area (Å²) in [7, 11) is 0. The number of rotatable bonds is 1. The third-order valence-electron chi connectivity index (χ3n) is 0.412. The molecule has 1 nitrogen and oxygen atoms in total. The van der Waals surface area contributed by atoms with Crippen molar-refractivity contribution in [1.82, 2.24) is 0 Å². The van der Waals surface area contributed by atoms with E-state index < -0.39 is 3.79 Å². The molecule has 0 aliphatic heterocycles. The molecule has 0 unspecified atom stereocenters. The molecule has 0 spiro atoms. The van der Waals surface area contributed by atoms with E-state index in [4.69, 9.17) is 39.9 Å². The number of aliphatic hydroxyl groups excluding tert-OH is 1. The van der Waals surface area contributed by atoms with Crippen molar-refractivity contribution in [2.24, 2.45) is 0 Å². The van der Waals surface area contributed by atoms with Crippen LogP contribution in [0.4, 0.5) is 0 Å². The molecule has 0 rings (SSSR count). The van der Waals surface area contributed by atoms with Gasteiger partial charge in [0.2, 0.25) is 3.79 Å². The summed E-state index contributed by atoms with van der Waals surface area (Å²) in [5.74, 6) is 0. The zero-order chi connectivity index (χ0) is 6.62. The first-order valence-corrected chi connectivity index (χ1v) is 3.05. The molecular weight excluding hydrogens is 170 g/mol. The van der Waals surface area contributed by atoms with Gasteiger partial charge in [0, 0.05) is 0 Å². The summed E-state index contributed by atoms with van der Waals surface area (Å²) in [6, 6.07) is 0. The maximum absolute atomic E-state index is 8.17. The molecule has 4 heteroatoms. The fourth-order valence-corrected chi connectivity index (χ4v) is 0.454. The Hall–Kier alpha value is 0.570. The van der Waals surface area contributed by atoms with Gasteiger partial charge in [0.25, 0.3) is 0 Å². The van der Waals surface area contributed by atoms with Crippen LogP contribution in [0, 0.1) is 0 Å². The number of hydrogen-bond acceptors (Lipinski definition) is 1. The van der Waals surface area contributed by atoms with Gasteiger partial charge in [-0.2, -0.15) is 0 Å². The summed E-state index contributed by atoms with van der Waals surface area (Å²) < 4.78 is -1.37. The molecule has 0 aromatic carbocycles. The Morgan fingerprint density at radius 3 is 2.00 bits per heavy atom. The van der Waals surface area contributed by atoms with E-state index in [1.54, 1.807) is 0 Å². The van der Waals surface area contributed by atoms with Crippen molar-refractivity contribution in [2.45, 2.75) is 3.79 Å². The Morgan fingerprint density at radius 1 is 1.38 bits per heavy atom. The van der Waals surface area contributed by atoms with Crippen molar-refractivity contribution in [1.29, 1.82) is 0 Å². The average molecular weight is 175 g/mol. The van der Waals surface area contributed by atoms with Gasteiger partial charge in [0.15, 0.2) is 0 Å². The Balaban J connectivity index is 3.52. The van der Waals surface area contributed by atoms with Crippen molar-refractivity contribution < 1.29 is 5.11 Å². The van der Waals surface area contributed by atoms with Crippen LogP contribution in [-0.4, -0.2) is 15.5 Å². The van der Waals surface area contributed by atoms with Gasteiger partial charge < -0.3 is 5.11 Å². The molecule has 0 aliphatic carbocycles. The summed E-state index contributed by atoms with van der Waals surface area (Å²) in [6.45, 7) is -0.103. The molecule has 0 aromatic rings. The van der Waals surface area contributed by atoms with Crippen LogP contribution in [0.3, 0.4) is 0 Å². The maximum Gasteiger partial charge on any atom is 0.209 e. The highest BCUT2D eigenvalue weighted by Gasteiger charge is 2.12. The number of halogens is 3. The van der Waals surface area contributed by atoms with E-state index in [2.05, 4.69) is 0 Å². The SMILES string of the molecule is OC/C=C/C(Cl)(Cl)Cl. The van der Waals surface area contributed by atoms with Crippen molar-refractivity contribution >= 4 is 34.8 Å². The lowest BCUT2D eigenvalue weighted by atomic mass is 10.5. The smallest absolute Gasteiger partial charge is 0.209 e. The molecule has 8 heavy (non-hydrogen) atoms. The minimum absolute atomic E-state index is 0.103. The quantitative estimate of drug-likeness (QED) is 0.477. The lowest BCUT2D eigenvalue weighted by Crippen LogP contribution is -1.94. The molecular formula is C4H5Cl3O. The third kappa shape index (κ3) is 6.57. The molecule has 0 aliphatic rings. The number of aliphatic hydroxyl groups is 1. The molecule has 0 atom stereocenters. The molecule has 0 aromatic heterocycles. The minimum atomic E-state index is -1.37. The largest absolute Gasteiger partial charge is 0.392 e. The number of allylic oxidation sites excluding steroid dienone is 1.